The van der Waals surface area contributed by atoms with E-state index in [-0.39, 0.29) is 5.25 Å². The molecule has 1 saturated heterocycles. The van der Waals surface area contributed by atoms with Crippen LogP contribution in [0, 0.1) is 0 Å². The summed E-state index contributed by atoms with van der Waals surface area (Å²) in [6.45, 7) is 3.97. The summed E-state index contributed by atoms with van der Waals surface area (Å²) in [6.07, 6.45) is 1.75. The van der Waals surface area contributed by atoms with Gasteiger partial charge in [0.15, 0.2) is 0 Å². The monoisotopic (exact) mass is 180 g/mol. The van der Waals surface area contributed by atoms with Gasteiger partial charge in [-0.2, -0.15) is 0 Å². The lowest BCUT2D eigenvalue weighted by atomic mass is 10.2. The first-order valence-electron chi connectivity index (χ1n) is 3.54. The zero-order chi connectivity index (χ0) is 7.78. The summed E-state index contributed by atoms with van der Waals surface area (Å²) < 4.78 is 22.0. The van der Waals surface area contributed by atoms with Crippen molar-refractivity contribution in [1.29, 1.82) is 0 Å². The zero-order valence-corrected chi connectivity index (χ0v) is 7.83. The van der Waals surface area contributed by atoms with Gasteiger partial charge in [0.05, 0.1) is 5.25 Å². The Balaban J connectivity index is 2.64. The molecule has 2 nitrogen and oxygen atoms in total. The van der Waals surface area contributed by atoms with E-state index in [1.54, 1.807) is 0 Å². The SMILES string of the molecule is CC[C@@H]1[C@@H](CC)SS1(=O)=O. The number of hydrogen-bond acceptors (Lipinski definition) is 3. The molecule has 0 spiro atoms. The predicted octanol–water partition coefficient (Wildman–Crippen LogP) is 1.62. The van der Waals surface area contributed by atoms with Gasteiger partial charge < -0.3 is 0 Å². The Hall–Kier alpha value is 0.300. The minimum Gasteiger partial charge on any atom is -0.217 e. The summed E-state index contributed by atoms with van der Waals surface area (Å²) in [7, 11) is -1.58. The summed E-state index contributed by atoms with van der Waals surface area (Å²) in [5.41, 5.74) is 0. The molecule has 60 valence electrons. The molecule has 0 aromatic heterocycles. The lowest BCUT2D eigenvalue weighted by Gasteiger charge is -2.33. The van der Waals surface area contributed by atoms with Crippen molar-refractivity contribution in [2.75, 3.05) is 0 Å². The summed E-state index contributed by atoms with van der Waals surface area (Å²) in [5, 5.41) is 0.317. The van der Waals surface area contributed by atoms with Crippen LogP contribution in [0.4, 0.5) is 0 Å². The Labute approximate surface area is 65.7 Å². The molecule has 0 aromatic rings. The fourth-order valence-electron chi connectivity index (χ4n) is 1.24. The first kappa shape index (κ1) is 8.40. The number of hydrogen-bond donors (Lipinski definition) is 0. The van der Waals surface area contributed by atoms with Gasteiger partial charge in [0, 0.05) is 5.25 Å². The minimum atomic E-state index is -2.72. The Morgan fingerprint density at radius 3 is 2.10 bits per heavy atom. The second-order valence-corrected chi connectivity index (χ2v) is 6.84. The molecule has 1 aliphatic rings. The summed E-state index contributed by atoms with van der Waals surface area (Å²) in [5.74, 6) is 0. The standard InChI is InChI=1S/C6H12O2S2/c1-3-5-6(4-2)10(7,8)9-5/h5-6H,3-4H2,1-2H3/t5-,6-/m1/s1. The third-order valence-electron chi connectivity index (χ3n) is 1.85. The van der Waals surface area contributed by atoms with Crippen LogP contribution in [0.15, 0.2) is 0 Å². The topological polar surface area (TPSA) is 34.1 Å². The third kappa shape index (κ3) is 1.19. The van der Waals surface area contributed by atoms with Crippen molar-refractivity contribution in [3.63, 3.8) is 0 Å². The summed E-state index contributed by atoms with van der Waals surface area (Å²) >= 11 is 0. The van der Waals surface area contributed by atoms with Gasteiger partial charge in [-0.05, 0) is 23.6 Å². The maximum Gasteiger partial charge on any atom is 0.205 e. The van der Waals surface area contributed by atoms with E-state index < -0.39 is 8.87 Å². The van der Waals surface area contributed by atoms with Crippen molar-refractivity contribution >= 4 is 19.7 Å². The number of rotatable bonds is 2. The van der Waals surface area contributed by atoms with Gasteiger partial charge in [-0.1, -0.05) is 13.8 Å². The molecule has 1 aliphatic heterocycles. The van der Waals surface area contributed by atoms with Crippen molar-refractivity contribution in [2.45, 2.75) is 37.2 Å². The van der Waals surface area contributed by atoms with Crippen LogP contribution in [0.2, 0.25) is 0 Å². The first-order valence-corrected chi connectivity index (χ1v) is 6.48. The van der Waals surface area contributed by atoms with Crippen molar-refractivity contribution in [1.82, 2.24) is 0 Å². The molecule has 0 unspecified atom stereocenters. The highest BCUT2D eigenvalue weighted by molar-refractivity contribution is 8.75. The van der Waals surface area contributed by atoms with Crippen LogP contribution >= 0.6 is 10.8 Å². The van der Waals surface area contributed by atoms with Gasteiger partial charge in [0.25, 0.3) is 0 Å². The van der Waals surface area contributed by atoms with Gasteiger partial charge in [-0.15, -0.1) is 0 Å². The molecular weight excluding hydrogens is 168 g/mol. The van der Waals surface area contributed by atoms with Gasteiger partial charge in [-0.3, -0.25) is 0 Å². The summed E-state index contributed by atoms with van der Waals surface area (Å²) in [6, 6.07) is 0. The van der Waals surface area contributed by atoms with Crippen LogP contribution in [-0.4, -0.2) is 18.9 Å². The van der Waals surface area contributed by atoms with Gasteiger partial charge >= 0.3 is 0 Å². The van der Waals surface area contributed by atoms with Crippen molar-refractivity contribution < 1.29 is 8.42 Å². The molecule has 0 radical (unpaired) electrons. The Bertz CT molecular complexity index is 208. The smallest absolute Gasteiger partial charge is 0.205 e. The molecule has 0 N–H and O–H groups in total. The zero-order valence-electron chi connectivity index (χ0n) is 6.20. The Morgan fingerprint density at radius 1 is 1.30 bits per heavy atom. The van der Waals surface area contributed by atoms with E-state index in [0.717, 1.165) is 23.6 Å². The maximum atomic E-state index is 11.0. The molecular formula is C6H12O2S2. The largest absolute Gasteiger partial charge is 0.217 e. The van der Waals surface area contributed by atoms with E-state index in [9.17, 15) is 8.42 Å². The average molecular weight is 180 g/mol. The minimum absolute atomic E-state index is 0.0532. The van der Waals surface area contributed by atoms with Crippen molar-refractivity contribution in [3.8, 4) is 0 Å². The van der Waals surface area contributed by atoms with Gasteiger partial charge in [0.1, 0.15) is 0 Å². The van der Waals surface area contributed by atoms with Crippen LogP contribution in [0.25, 0.3) is 0 Å². The fraction of sp³-hybridized carbons (Fsp3) is 1.00. The van der Waals surface area contributed by atoms with Crippen LogP contribution in [0.5, 0.6) is 0 Å². The predicted molar refractivity (Wildman–Crippen MR) is 44.7 cm³/mol. The molecule has 2 atom stereocenters. The second-order valence-electron chi connectivity index (χ2n) is 2.48. The van der Waals surface area contributed by atoms with E-state index in [1.165, 1.54) is 0 Å². The summed E-state index contributed by atoms with van der Waals surface area (Å²) in [4.78, 5) is 0. The highest BCUT2D eigenvalue weighted by atomic mass is 33.1. The normalized spacial score (nSPS) is 37.0. The molecule has 1 heterocycles. The second kappa shape index (κ2) is 2.74. The Kier molecular flexibility index (Phi) is 2.30. The quantitative estimate of drug-likeness (QED) is 0.606. The molecule has 4 heteroatoms. The van der Waals surface area contributed by atoms with Crippen molar-refractivity contribution in [3.05, 3.63) is 0 Å². The molecule has 0 saturated carbocycles. The third-order valence-corrected chi connectivity index (χ3v) is 6.89. The highest BCUT2D eigenvalue weighted by Gasteiger charge is 2.44. The van der Waals surface area contributed by atoms with E-state index >= 15 is 0 Å². The van der Waals surface area contributed by atoms with Crippen LogP contribution in [0.1, 0.15) is 26.7 Å². The molecule has 0 bridgehead atoms. The molecule has 1 rings (SSSR count). The van der Waals surface area contributed by atoms with Gasteiger partial charge in [0.2, 0.25) is 8.87 Å². The first-order chi connectivity index (χ1) is 4.61. The van der Waals surface area contributed by atoms with E-state index in [2.05, 4.69) is 0 Å². The fourth-order valence-corrected chi connectivity index (χ4v) is 6.01. The molecule has 0 aliphatic carbocycles. The highest BCUT2D eigenvalue weighted by Crippen LogP contribution is 2.43. The Morgan fingerprint density at radius 2 is 1.90 bits per heavy atom. The van der Waals surface area contributed by atoms with E-state index in [0.29, 0.717) is 5.25 Å². The molecule has 1 fully saturated rings. The van der Waals surface area contributed by atoms with Crippen LogP contribution < -0.4 is 0 Å². The molecule has 0 amide bonds. The maximum absolute atomic E-state index is 11.0. The van der Waals surface area contributed by atoms with Crippen LogP contribution in [-0.2, 0) is 8.87 Å². The lowest BCUT2D eigenvalue weighted by Crippen LogP contribution is -2.40. The lowest BCUT2D eigenvalue weighted by molar-refractivity contribution is 0.573. The van der Waals surface area contributed by atoms with E-state index in [4.69, 9.17) is 0 Å². The average Bonchev–Trinajstić information content (AvgIpc) is 1.84. The van der Waals surface area contributed by atoms with Crippen LogP contribution in [0.3, 0.4) is 0 Å². The van der Waals surface area contributed by atoms with Crippen molar-refractivity contribution in [2.24, 2.45) is 0 Å². The molecule has 10 heavy (non-hydrogen) atoms. The van der Waals surface area contributed by atoms with E-state index in [1.807, 2.05) is 13.8 Å². The van der Waals surface area contributed by atoms with Gasteiger partial charge in [-0.25, -0.2) is 8.42 Å². The molecule has 0 aromatic carbocycles.